The van der Waals surface area contributed by atoms with E-state index in [4.69, 9.17) is 4.74 Å². The Morgan fingerprint density at radius 2 is 1.54 bits per heavy atom. The van der Waals surface area contributed by atoms with Crippen LogP contribution in [0, 0.1) is 5.41 Å². The Balaban J connectivity index is 1.65. The molecular weight excluding hydrogens is 350 g/mol. The number of ketones is 1. The molecule has 1 amide bonds. The van der Waals surface area contributed by atoms with E-state index >= 15 is 0 Å². The smallest absolute Gasteiger partial charge is 0.257 e. The highest BCUT2D eigenvalue weighted by Gasteiger charge is 2.54. The zero-order valence-electron chi connectivity index (χ0n) is 15.6. The van der Waals surface area contributed by atoms with Crippen LogP contribution in [0.5, 0.6) is 0 Å². The van der Waals surface area contributed by atoms with Crippen molar-refractivity contribution in [3.63, 3.8) is 0 Å². The molecule has 0 N–H and O–H groups in total. The van der Waals surface area contributed by atoms with Crippen LogP contribution in [-0.2, 0) is 16.1 Å². The van der Waals surface area contributed by atoms with Gasteiger partial charge in [-0.05, 0) is 18.4 Å². The van der Waals surface area contributed by atoms with Crippen LogP contribution in [-0.4, -0.2) is 17.4 Å². The van der Waals surface area contributed by atoms with Crippen LogP contribution in [0.4, 0.5) is 0 Å². The van der Waals surface area contributed by atoms with Gasteiger partial charge in [0.05, 0.1) is 11.1 Å². The summed E-state index contributed by atoms with van der Waals surface area (Å²) in [5, 5.41) is 0. The van der Waals surface area contributed by atoms with Gasteiger partial charge in [-0.2, -0.15) is 0 Å². The van der Waals surface area contributed by atoms with E-state index in [9.17, 15) is 9.59 Å². The van der Waals surface area contributed by atoms with E-state index in [2.05, 4.69) is 4.99 Å². The van der Waals surface area contributed by atoms with Gasteiger partial charge in [0.25, 0.3) is 5.91 Å². The normalized spacial score (nSPS) is 20.1. The van der Waals surface area contributed by atoms with Crippen molar-refractivity contribution in [3.05, 3.63) is 82.6 Å². The summed E-state index contributed by atoms with van der Waals surface area (Å²) < 4.78 is 6.12. The molecule has 140 valence electrons. The molecule has 28 heavy (non-hydrogen) atoms. The highest BCUT2D eigenvalue weighted by atomic mass is 16.5. The molecule has 1 fully saturated rings. The Kier molecular flexibility index (Phi) is 4.00. The lowest BCUT2D eigenvalue weighted by Crippen LogP contribution is -2.36. The Labute approximate surface area is 163 Å². The lowest BCUT2D eigenvalue weighted by Gasteiger charge is -2.35. The van der Waals surface area contributed by atoms with Crippen LogP contribution < -0.4 is 0 Å². The van der Waals surface area contributed by atoms with E-state index < -0.39 is 5.41 Å². The Hall–Kier alpha value is -3.01. The number of ether oxygens (including phenoxy) is 1. The maximum Gasteiger partial charge on any atom is 0.257 e. The van der Waals surface area contributed by atoms with Gasteiger partial charge < -0.3 is 4.74 Å². The molecule has 4 nitrogen and oxygen atoms in total. The van der Waals surface area contributed by atoms with E-state index in [0.29, 0.717) is 23.6 Å². The van der Waals surface area contributed by atoms with Crippen LogP contribution in [0.15, 0.2) is 70.9 Å². The fourth-order valence-corrected chi connectivity index (χ4v) is 4.73. The highest BCUT2D eigenvalue weighted by molar-refractivity contribution is 6.34. The predicted molar refractivity (Wildman–Crippen MR) is 106 cm³/mol. The van der Waals surface area contributed by atoms with Crippen molar-refractivity contribution in [3.8, 4) is 0 Å². The number of hydrogen-bond donors (Lipinski definition) is 0. The van der Waals surface area contributed by atoms with Crippen molar-refractivity contribution in [2.24, 2.45) is 10.4 Å². The van der Waals surface area contributed by atoms with Crippen molar-refractivity contribution in [1.29, 1.82) is 0 Å². The summed E-state index contributed by atoms with van der Waals surface area (Å²) in [5.74, 6) is 0.0664. The number of fused-ring (bicyclic) bond motifs is 4. The Morgan fingerprint density at radius 3 is 2.29 bits per heavy atom. The molecule has 1 saturated carbocycles. The van der Waals surface area contributed by atoms with Crippen LogP contribution in [0.3, 0.4) is 0 Å². The number of Topliss-reactive ketones (excluding diaryl/α,β-unsaturated/α-hetero) is 1. The summed E-state index contributed by atoms with van der Waals surface area (Å²) in [6, 6.07) is 17.2. The fraction of sp³-hybridized carbons (Fsp3) is 0.292. The maximum absolute atomic E-state index is 13.4. The summed E-state index contributed by atoms with van der Waals surface area (Å²) in [7, 11) is 0. The number of hydrogen-bond acceptors (Lipinski definition) is 3. The first kappa shape index (κ1) is 17.1. The second-order valence-corrected chi connectivity index (χ2v) is 7.76. The predicted octanol–water partition coefficient (Wildman–Crippen LogP) is 4.63. The zero-order valence-corrected chi connectivity index (χ0v) is 15.6. The SMILES string of the molecule is O=C1C(OCc2ccccc2)=C2C(=NC(=O)C23CCCCC3)c2ccccc21. The first-order valence-corrected chi connectivity index (χ1v) is 9.90. The molecule has 1 heterocycles. The van der Waals surface area contributed by atoms with E-state index in [0.717, 1.165) is 48.8 Å². The molecule has 0 aromatic heterocycles. The van der Waals surface area contributed by atoms with Gasteiger partial charge in [-0.3, -0.25) is 9.59 Å². The van der Waals surface area contributed by atoms with Gasteiger partial charge >= 0.3 is 0 Å². The molecule has 1 aliphatic heterocycles. The van der Waals surface area contributed by atoms with Crippen molar-refractivity contribution in [2.45, 2.75) is 38.7 Å². The Morgan fingerprint density at radius 1 is 0.857 bits per heavy atom. The van der Waals surface area contributed by atoms with E-state index in [1.54, 1.807) is 6.07 Å². The molecule has 5 rings (SSSR count). The van der Waals surface area contributed by atoms with Crippen molar-refractivity contribution < 1.29 is 14.3 Å². The van der Waals surface area contributed by atoms with Crippen LogP contribution in [0.2, 0.25) is 0 Å². The first-order valence-electron chi connectivity index (χ1n) is 9.90. The highest BCUT2D eigenvalue weighted by Crippen LogP contribution is 2.51. The van der Waals surface area contributed by atoms with Crippen molar-refractivity contribution >= 4 is 17.4 Å². The second-order valence-electron chi connectivity index (χ2n) is 7.76. The average Bonchev–Trinajstić information content (AvgIpc) is 3.01. The summed E-state index contributed by atoms with van der Waals surface area (Å²) in [6.07, 6.45) is 4.53. The topological polar surface area (TPSA) is 55.7 Å². The molecule has 0 radical (unpaired) electrons. The van der Waals surface area contributed by atoms with Gasteiger partial charge in [-0.15, -0.1) is 0 Å². The van der Waals surface area contributed by atoms with Gasteiger partial charge in [-0.1, -0.05) is 73.9 Å². The molecule has 0 saturated heterocycles. The third-order valence-corrected chi connectivity index (χ3v) is 6.13. The maximum atomic E-state index is 13.4. The van der Waals surface area contributed by atoms with Gasteiger partial charge in [0.1, 0.15) is 6.61 Å². The molecule has 0 unspecified atom stereocenters. The molecule has 0 bridgehead atoms. The monoisotopic (exact) mass is 371 g/mol. The van der Waals surface area contributed by atoms with E-state index in [1.807, 2.05) is 48.5 Å². The van der Waals surface area contributed by atoms with Gasteiger partial charge in [0, 0.05) is 16.7 Å². The summed E-state index contributed by atoms with van der Waals surface area (Å²) in [5.41, 5.74) is 2.99. The van der Waals surface area contributed by atoms with E-state index in [1.165, 1.54) is 0 Å². The molecule has 3 aliphatic rings. The minimum Gasteiger partial charge on any atom is -0.484 e. The number of aliphatic imine (C=N–C) groups is 1. The van der Waals surface area contributed by atoms with Gasteiger partial charge in [0.15, 0.2) is 5.76 Å². The van der Waals surface area contributed by atoms with Gasteiger partial charge in [-0.25, -0.2) is 4.99 Å². The Bertz CT molecular complexity index is 1030. The molecule has 2 aromatic rings. The molecule has 4 heteroatoms. The van der Waals surface area contributed by atoms with Crippen molar-refractivity contribution in [1.82, 2.24) is 0 Å². The summed E-state index contributed by atoms with van der Waals surface area (Å²) in [4.78, 5) is 30.9. The quantitative estimate of drug-likeness (QED) is 0.790. The number of allylic oxidation sites excluding steroid dienone is 1. The molecule has 2 aliphatic carbocycles. The molecule has 0 atom stereocenters. The second kappa shape index (κ2) is 6.55. The van der Waals surface area contributed by atoms with Crippen molar-refractivity contribution in [2.75, 3.05) is 0 Å². The summed E-state index contributed by atoms with van der Waals surface area (Å²) in [6.45, 7) is 0.297. The number of nitrogens with zero attached hydrogens (tertiary/aromatic N) is 1. The average molecular weight is 371 g/mol. The van der Waals surface area contributed by atoms with Crippen LogP contribution in [0.1, 0.15) is 53.6 Å². The number of benzene rings is 2. The molecule has 2 aromatic carbocycles. The van der Waals surface area contributed by atoms with Crippen LogP contribution in [0.25, 0.3) is 0 Å². The molecular formula is C24H21NO3. The van der Waals surface area contributed by atoms with Gasteiger partial charge in [0.2, 0.25) is 5.78 Å². The number of amides is 1. The largest absolute Gasteiger partial charge is 0.484 e. The minimum atomic E-state index is -0.692. The lowest BCUT2D eigenvalue weighted by molar-refractivity contribution is -0.126. The summed E-state index contributed by atoms with van der Waals surface area (Å²) >= 11 is 0. The van der Waals surface area contributed by atoms with E-state index in [-0.39, 0.29) is 11.7 Å². The number of carbonyl (C=O) groups is 2. The number of rotatable bonds is 3. The van der Waals surface area contributed by atoms with Crippen LogP contribution >= 0.6 is 0 Å². The number of carbonyl (C=O) groups excluding carboxylic acids is 2. The fourth-order valence-electron chi connectivity index (χ4n) is 4.73. The zero-order chi connectivity index (χ0) is 19.1. The third kappa shape index (κ3) is 2.48. The lowest BCUT2D eigenvalue weighted by atomic mass is 9.66. The first-order chi connectivity index (χ1) is 13.7. The minimum absolute atomic E-state index is 0.109. The standard InChI is InChI=1S/C24H21NO3/c26-21-18-12-6-5-11-17(18)20-19(22(21)28-15-16-9-3-1-4-10-16)24(23(27)25-20)13-7-2-8-14-24/h1,3-6,9-12H,2,7-8,13-15H2. The third-order valence-electron chi connectivity index (χ3n) is 6.13. The molecule has 1 spiro atoms.